The van der Waals surface area contributed by atoms with Gasteiger partial charge in [-0.3, -0.25) is 9.59 Å². The number of carbonyl (C=O) groups excluding carboxylic acids is 2. The van der Waals surface area contributed by atoms with Gasteiger partial charge in [0, 0.05) is 34.4 Å². The van der Waals surface area contributed by atoms with Crippen LogP contribution in [-0.4, -0.2) is 22.4 Å². The summed E-state index contributed by atoms with van der Waals surface area (Å²) in [7, 11) is 0. The van der Waals surface area contributed by atoms with Crippen LogP contribution < -0.4 is 10.6 Å². The number of hydrogen-bond donors (Lipinski definition) is 2. The van der Waals surface area contributed by atoms with E-state index in [0.29, 0.717) is 22.9 Å². The molecule has 1 aliphatic rings. The van der Waals surface area contributed by atoms with Gasteiger partial charge in [0.1, 0.15) is 0 Å². The number of para-hydroxylation sites is 1. The molecule has 28 heavy (non-hydrogen) atoms. The summed E-state index contributed by atoms with van der Waals surface area (Å²) >= 11 is 0. The maximum atomic E-state index is 12.8. The molecule has 1 aromatic heterocycles. The lowest BCUT2D eigenvalue weighted by Gasteiger charge is -2.10. The van der Waals surface area contributed by atoms with Crippen LogP contribution in [0.2, 0.25) is 0 Å². The quantitative estimate of drug-likeness (QED) is 0.703. The monoisotopic (exact) mass is 373 g/mol. The van der Waals surface area contributed by atoms with E-state index < -0.39 is 0 Å². The van der Waals surface area contributed by atoms with Gasteiger partial charge >= 0.3 is 0 Å². The molecule has 2 amide bonds. The minimum absolute atomic E-state index is 0.0632. The molecule has 5 nitrogen and oxygen atoms in total. The van der Waals surface area contributed by atoms with Gasteiger partial charge in [-0.25, -0.2) is 0 Å². The first-order valence-electron chi connectivity index (χ1n) is 9.49. The number of benzene rings is 2. The van der Waals surface area contributed by atoms with Crippen molar-refractivity contribution in [2.24, 2.45) is 0 Å². The summed E-state index contributed by atoms with van der Waals surface area (Å²) in [5.74, 6) is -0.225. The van der Waals surface area contributed by atoms with Gasteiger partial charge in [-0.05, 0) is 69.2 Å². The lowest BCUT2D eigenvalue weighted by atomic mass is 10.1. The maximum Gasteiger partial charge on any atom is 0.257 e. The Bertz CT molecular complexity index is 1020. The third-order valence-corrected chi connectivity index (χ3v) is 5.01. The van der Waals surface area contributed by atoms with Crippen molar-refractivity contribution in [1.82, 2.24) is 9.88 Å². The van der Waals surface area contributed by atoms with Gasteiger partial charge < -0.3 is 15.2 Å². The highest BCUT2D eigenvalue weighted by atomic mass is 16.2. The third-order valence-electron chi connectivity index (χ3n) is 5.01. The first-order chi connectivity index (χ1) is 13.5. The summed E-state index contributed by atoms with van der Waals surface area (Å²) in [6.45, 7) is 3.93. The van der Waals surface area contributed by atoms with Gasteiger partial charge in [-0.2, -0.15) is 0 Å². The molecule has 3 aromatic rings. The fourth-order valence-electron chi connectivity index (χ4n) is 3.37. The Morgan fingerprint density at radius 1 is 0.929 bits per heavy atom. The van der Waals surface area contributed by atoms with Crippen LogP contribution in [0.25, 0.3) is 5.69 Å². The number of carbonyl (C=O) groups is 2. The largest absolute Gasteiger partial charge is 0.349 e. The molecule has 1 aliphatic carbocycles. The molecule has 0 atom stereocenters. The second-order valence-corrected chi connectivity index (χ2v) is 7.23. The van der Waals surface area contributed by atoms with Gasteiger partial charge in [-0.15, -0.1) is 0 Å². The van der Waals surface area contributed by atoms with Crippen molar-refractivity contribution in [1.29, 1.82) is 0 Å². The van der Waals surface area contributed by atoms with E-state index >= 15 is 0 Å². The zero-order chi connectivity index (χ0) is 19.7. The van der Waals surface area contributed by atoms with Crippen LogP contribution in [0, 0.1) is 13.8 Å². The SMILES string of the molecule is Cc1cc(C(=O)Nc2ccc(C(=O)NC3CC3)cc2)c(C)n1-c1ccccc1. The molecule has 4 rings (SSSR count). The third kappa shape index (κ3) is 3.69. The molecule has 1 fully saturated rings. The van der Waals surface area contributed by atoms with Crippen LogP contribution >= 0.6 is 0 Å². The van der Waals surface area contributed by atoms with E-state index in [0.717, 1.165) is 29.9 Å². The summed E-state index contributed by atoms with van der Waals surface area (Å²) in [6, 6.07) is 19.2. The Hall–Kier alpha value is -3.34. The Kier molecular flexibility index (Phi) is 4.74. The number of nitrogens with zero attached hydrogens (tertiary/aromatic N) is 1. The minimum Gasteiger partial charge on any atom is -0.349 e. The molecule has 0 saturated heterocycles. The van der Waals surface area contributed by atoms with Crippen molar-refractivity contribution in [3.63, 3.8) is 0 Å². The van der Waals surface area contributed by atoms with Crippen molar-refractivity contribution >= 4 is 17.5 Å². The molecule has 0 unspecified atom stereocenters. The number of hydrogen-bond acceptors (Lipinski definition) is 2. The first-order valence-corrected chi connectivity index (χ1v) is 9.49. The molecule has 142 valence electrons. The van der Waals surface area contributed by atoms with Crippen molar-refractivity contribution in [3.8, 4) is 5.69 Å². The van der Waals surface area contributed by atoms with Crippen molar-refractivity contribution < 1.29 is 9.59 Å². The van der Waals surface area contributed by atoms with Gasteiger partial charge in [0.25, 0.3) is 11.8 Å². The zero-order valence-electron chi connectivity index (χ0n) is 16.0. The number of nitrogens with one attached hydrogen (secondary N) is 2. The topological polar surface area (TPSA) is 63.1 Å². The summed E-state index contributed by atoms with van der Waals surface area (Å²) in [6.07, 6.45) is 2.11. The number of amides is 2. The Morgan fingerprint density at radius 2 is 1.61 bits per heavy atom. The molecule has 2 N–H and O–H groups in total. The first kappa shape index (κ1) is 18.0. The molecule has 0 radical (unpaired) electrons. The average Bonchev–Trinajstić information content (AvgIpc) is 3.46. The standard InChI is InChI=1S/C23H23N3O2/c1-15-14-21(16(2)26(15)20-6-4-3-5-7-20)23(28)25-18-10-8-17(9-11-18)22(27)24-19-12-13-19/h3-11,14,19H,12-13H2,1-2H3,(H,24,27)(H,25,28). The summed E-state index contributed by atoms with van der Waals surface area (Å²) in [5, 5.41) is 5.89. The number of anilines is 1. The lowest BCUT2D eigenvalue weighted by Crippen LogP contribution is -2.25. The van der Waals surface area contributed by atoms with E-state index in [9.17, 15) is 9.59 Å². The van der Waals surface area contributed by atoms with E-state index in [1.807, 2.05) is 50.2 Å². The number of aromatic nitrogens is 1. The van der Waals surface area contributed by atoms with Crippen LogP contribution in [0.1, 0.15) is 44.9 Å². The van der Waals surface area contributed by atoms with E-state index in [1.165, 1.54) is 0 Å². The molecule has 0 spiro atoms. The molecular weight excluding hydrogens is 350 g/mol. The van der Waals surface area contributed by atoms with Gasteiger partial charge in [0.05, 0.1) is 5.56 Å². The highest BCUT2D eigenvalue weighted by molar-refractivity contribution is 6.05. The second-order valence-electron chi connectivity index (χ2n) is 7.23. The van der Waals surface area contributed by atoms with Crippen molar-refractivity contribution in [2.75, 3.05) is 5.32 Å². The minimum atomic E-state index is -0.162. The Balaban J connectivity index is 1.50. The second kappa shape index (κ2) is 7.35. The lowest BCUT2D eigenvalue weighted by molar-refractivity contribution is 0.0950. The normalized spacial score (nSPS) is 13.2. The predicted molar refractivity (Wildman–Crippen MR) is 110 cm³/mol. The molecule has 2 aromatic carbocycles. The highest BCUT2D eigenvalue weighted by Gasteiger charge is 2.23. The highest BCUT2D eigenvalue weighted by Crippen LogP contribution is 2.22. The smallest absolute Gasteiger partial charge is 0.257 e. The zero-order valence-corrected chi connectivity index (χ0v) is 16.0. The fourth-order valence-corrected chi connectivity index (χ4v) is 3.37. The number of aryl methyl sites for hydroxylation is 1. The molecule has 0 aliphatic heterocycles. The van der Waals surface area contributed by atoms with E-state index in [2.05, 4.69) is 15.2 Å². The van der Waals surface area contributed by atoms with Crippen LogP contribution in [0.3, 0.4) is 0 Å². The molecular formula is C23H23N3O2. The summed E-state index contributed by atoms with van der Waals surface area (Å²) in [4.78, 5) is 24.9. The Labute approximate surface area is 164 Å². The molecule has 1 saturated carbocycles. The van der Waals surface area contributed by atoms with E-state index in [-0.39, 0.29) is 11.8 Å². The van der Waals surface area contributed by atoms with E-state index in [4.69, 9.17) is 0 Å². The number of rotatable bonds is 5. The van der Waals surface area contributed by atoms with Gasteiger partial charge in [-0.1, -0.05) is 18.2 Å². The Morgan fingerprint density at radius 3 is 2.25 bits per heavy atom. The molecule has 1 heterocycles. The van der Waals surface area contributed by atoms with Crippen LogP contribution in [-0.2, 0) is 0 Å². The van der Waals surface area contributed by atoms with Gasteiger partial charge in [0.2, 0.25) is 0 Å². The van der Waals surface area contributed by atoms with Crippen molar-refractivity contribution in [3.05, 3.63) is 83.2 Å². The predicted octanol–water partition coefficient (Wildman–Crippen LogP) is 4.24. The average molecular weight is 373 g/mol. The van der Waals surface area contributed by atoms with Crippen molar-refractivity contribution in [2.45, 2.75) is 32.7 Å². The van der Waals surface area contributed by atoms with E-state index in [1.54, 1.807) is 24.3 Å². The van der Waals surface area contributed by atoms with Crippen LogP contribution in [0.4, 0.5) is 5.69 Å². The summed E-state index contributed by atoms with van der Waals surface area (Å²) in [5.41, 5.74) is 4.83. The van der Waals surface area contributed by atoms with Crippen LogP contribution in [0.5, 0.6) is 0 Å². The molecule has 0 bridgehead atoms. The molecule has 5 heteroatoms. The van der Waals surface area contributed by atoms with Gasteiger partial charge in [0.15, 0.2) is 0 Å². The fraction of sp³-hybridized carbons (Fsp3) is 0.217. The summed E-state index contributed by atoms with van der Waals surface area (Å²) < 4.78 is 2.07. The van der Waals surface area contributed by atoms with Crippen LogP contribution in [0.15, 0.2) is 60.7 Å². The maximum absolute atomic E-state index is 12.8.